The monoisotopic (exact) mass is 241 g/mol. The Bertz CT molecular complexity index is 432. The van der Waals surface area contributed by atoms with E-state index in [1.165, 1.54) is 19.2 Å². The second kappa shape index (κ2) is 4.90. The van der Waals surface area contributed by atoms with Crippen LogP contribution in [0.5, 0.6) is 5.75 Å². The Morgan fingerprint density at radius 1 is 1.56 bits per heavy atom. The van der Waals surface area contributed by atoms with Crippen molar-refractivity contribution < 1.29 is 14.6 Å². The topological polar surface area (TPSA) is 72.5 Å². The fourth-order valence-electron chi connectivity index (χ4n) is 1.20. The lowest BCUT2D eigenvalue weighted by molar-refractivity contribution is -0.135. The van der Waals surface area contributed by atoms with Crippen molar-refractivity contribution in [2.24, 2.45) is 0 Å². The van der Waals surface area contributed by atoms with Crippen molar-refractivity contribution in [2.75, 3.05) is 12.8 Å². The number of hydrogen-bond donors (Lipinski definition) is 2. The summed E-state index contributed by atoms with van der Waals surface area (Å²) in [6.07, 6.45) is 1.58. The third-order valence-corrected chi connectivity index (χ3v) is 2.29. The van der Waals surface area contributed by atoms with Crippen LogP contribution in [0.1, 0.15) is 12.5 Å². The maximum Gasteiger partial charge on any atom is 0.333 e. The van der Waals surface area contributed by atoms with E-state index < -0.39 is 5.97 Å². The average molecular weight is 242 g/mol. The first-order valence-electron chi connectivity index (χ1n) is 4.50. The van der Waals surface area contributed by atoms with Crippen molar-refractivity contribution >= 4 is 29.3 Å². The Kier molecular flexibility index (Phi) is 3.79. The van der Waals surface area contributed by atoms with Crippen LogP contribution in [-0.4, -0.2) is 18.2 Å². The number of phenols is 1. The molecule has 0 aliphatic carbocycles. The standard InChI is InChI=1S/C11H12ClNO3/c1-6(11(15)16-2)3-7-4-8(12)10(14)9(13)5-7/h3-5,14H,13H2,1-2H3/b6-3+. The molecule has 16 heavy (non-hydrogen) atoms. The number of aromatic hydroxyl groups is 1. The highest BCUT2D eigenvalue weighted by Gasteiger charge is 2.07. The van der Waals surface area contributed by atoms with Gasteiger partial charge in [0.15, 0.2) is 5.75 Å². The smallest absolute Gasteiger partial charge is 0.333 e. The summed E-state index contributed by atoms with van der Waals surface area (Å²) in [6, 6.07) is 3.04. The van der Waals surface area contributed by atoms with E-state index in [-0.39, 0.29) is 16.5 Å². The quantitative estimate of drug-likeness (QED) is 0.360. The largest absolute Gasteiger partial charge is 0.504 e. The highest BCUT2D eigenvalue weighted by atomic mass is 35.5. The molecule has 5 heteroatoms. The van der Waals surface area contributed by atoms with Crippen LogP contribution in [0.25, 0.3) is 6.08 Å². The van der Waals surface area contributed by atoms with Crippen LogP contribution < -0.4 is 5.73 Å². The maximum absolute atomic E-state index is 11.1. The molecule has 0 heterocycles. The Balaban J connectivity index is 3.12. The molecule has 4 nitrogen and oxygen atoms in total. The number of nitrogen functional groups attached to an aromatic ring is 1. The number of esters is 1. The zero-order chi connectivity index (χ0) is 12.3. The molecule has 0 amide bonds. The van der Waals surface area contributed by atoms with Crippen LogP contribution in [0, 0.1) is 0 Å². The number of benzene rings is 1. The molecule has 0 unspecified atom stereocenters. The molecule has 0 radical (unpaired) electrons. The van der Waals surface area contributed by atoms with Crippen LogP contribution in [0.15, 0.2) is 17.7 Å². The SMILES string of the molecule is COC(=O)/C(C)=C/c1cc(N)c(O)c(Cl)c1. The Labute approximate surface area is 98.3 Å². The van der Waals surface area contributed by atoms with Gasteiger partial charge in [-0.25, -0.2) is 4.79 Å². The lowest BCUT2D eigenvalue weighted by atomic mass is 10.1. The Hall–Kier alpha value is -1.68. The van der Waals surface area contributed by atoms with Crippen LogP contribution in [0.3, 0.4) is 0 Å². The minimum Gasteiger partial charge on any atom is -0.504 e. The summed E-state index contributed by atoms with van der Waals surface area (Å²) in [6.45, 7) is 1.61. The van der Waals surface area contributed by atoms with E-state index in [2.05, 4.69) is 4.74 Å². The van der Waals surface area contributed by atoms with Gasteiger partial charge in [-0.15, -0.1) is 0 Å². The summed E-state index contributed by atoms with van der Waals surface area (Å²) in [4.78, 5) is 11.1. The second-order valence-corrected chi connectivity index (χ2v) is 3.67. The van der Waals surface area contributed by atoms with Crippen molar-refractivity contribution in [1.29, 1.82) is 0 Å². The number of phenolic OH excluding ortho intramolecular Hbond substituents is 1. The second-order valence-electron chi connectivity index (χ2n) is 3.26. The molecule has 0 fully saturated rings. The number of hydrogen-bond acceptors (Lipinski definition) is 4. The zero-order valence-electron chi connectivity index (χ0n) is 8.95. The summed E-state index contributed by atoms with van der Waals surface area (Å²) in [5.41, 5.74) is 6.74. The first kappa shape index (κ1) is 12.4. The van der Waals surface area contributed by atoms with Gasteiger partial charge in [-0.2, -0.15) is 0 Å². The van der Waals surface area contributed by atoms with E-state index in [4.69, 9.17) is 17.3 Å². The molecule has 0 atom stereocenters. The molecule has 1 aromatic carbocycles. The molecule has 0 bridgehead atoms. The van der Waals surface area contributed by atoms with E-state index in [9.17, 15) is 9.90 Å². The lowest BCUT2D eigenvalue weighted by Gasteiger charge is -2.04. The van der Waals surface area contributed by atoms with Crippen molar-refractivity contribution in [1.82, 2.24) is 0 Å². The molecule has 1 aromatic rings. The van der Waals surface area contributed by atoms with Crippen molar-refractivity contribution in [3.05, 3.63) is 28.3 Å². The van der Waals surface area contributed by atoms with Gasteiger partial charge < -0.3 is 15.6 Å². The van der Waals surface area contributed by atoms with E-state index in [0.29, 0.717) is 11.1 Å². The maximum atomic E-state index is 11.1. The molecule has 0 saturated carbocycles. The van der Waals surface area contributed by atoms with Gasteiger partial charge in [-0.3, -0.25) is 0 Å². The Morgan fingerprint density at radius 2 is 2.19 bits per heavy atom. The minimum atomic E-state index is -0.428. The van der Waals surface area contributed by atoms with Crippen LogP contribution in [-0.2, 0) is 9.53 Å². The van der Waals surface area contributed by atoms with Crippen LogP contribution in [0.4, 0.5) is 5.69 Å². The van der Waals surface area contributed by atoms with Gasteiger partial charge >= 0.3 is 5.97 Å². The summed E-state index contributed by atoms with van der Waals surface area (Å²) in [5, 5.41) is 9.49. The van der Waals surface area contributed by atoms with Gasteiger partial charge in [0.25, 0.3) is 0 Å². The highest BCUT2D eigenvalue weighted by molar-refractivity contribution is 6.32. The number of carbonyl (C=O) groups is 1. The fraction of sp³-hybridized carbons (Fsp3) is 0.182. The number of methoxy groups -OCH3 is 1. The summed E-state index contributed by atoms with van der Waals surface area (Å²) < 4.78 is 4.55. The van der Waals surface area contributed by atoms with Gasteiger partial charge in [0.2, 0.25) is 0 Å². The fourth-order valence-corrected chi connectivity index (χ4v) is 1.43. The van der Waals surface area contributed by atoms with Crippen LogP contribution in [0.2, 0.25) is 5.02 Å². The number of ether oxygens (including phenoxy) is 1. The third kappa shape index (κ3) is 2.67. The van der Waals surface area contributed by atoms with Gasteiger partial charge in [0, 0.05) is 5.57 Å². The van der Waals surface area contributed by atoms with E-state index >= 15 is 0 Å². The molecule has 3 N–H and O–H groups in total. The number of halogens is 1. The molecular weight excluding hydrogens is 230 g/mol. The summed E-state index contributed by atoms with van der Waals surface area (Å²) in [7, 11) is 1.30. The number of nitrogens with two attached hydrogens (primary N) is 1. The molecule has 0 saturated heterocycles. The van der Waals surface area contributed by atoms with Crippen molar-refractivity contribution in [2.45, 2.75) is 6.92 Å². The Morgan fingerprint density at radius 3 is 2.69 bits per heavy atom. The summed E-state index contributed by atoms with van der Waals surface area (Å²) >= 11 is 5.74. The first-order chi connectivity index (χ1) is 7.45. The summed E-state index contributed by atoms with van der Waals surface area (Å²) in [5.74, 6) is -0.586. The van der Waals surface area contributed by atoms with Gasteiger partial charge in [0.05, 0.1) is 17.8 Å². The average Bonchev–Trinajstić information content (AvgIpc) is 2.24. The van der Waals surface area contributed by atoms with Crippen molar-refractivity contribution in [3.8, 4) is 5.75 Å². The minimum absolute atomic E-state index is 0.143. The highest BCUT2D eigenvalue weighted by Crippen LogP contribution is 2.31. The van der Waals surface area contributed by atoms with E-state index in [1.54, 1.807) is 13.0 Å². The first-order valence-corrected chi connectivity index (χ1v) is 4.88. The lowest BCUT2D eigenvalue weighted by Crippen LogP contribution is -2.01. The van der Waals surface area contributed by atoms with Gasteiger partial charge in [0.1, 0.15) is 0 Å². The van der Waals surface area contributed by atoms with Gasteiger partial charge in [-0.05, 0) is 30.7 Å². The third-order valence-electron chi connectivity index (χ3n) is 2.01. The van der Waals surface area contributed by atoms with Crippen LogP contribution >= 0.6 is 11.6 Å². The van der Waals surface area contributed by atoms with E-state index in [1.807, 2.05) is 0 Å². The predicted octanol–water partition coefficient (Wildman–Crippen LogP) is 2.20. The normalized spacial score (nSPS) is 11.3. The molecule has 1 rings (SSSR count). The molecule has 0 spiro atoms. The zero-order valence-corrected chi connectivity index (χ0v) is 9.71. The number of anilines is 1. The van der Waals surface area contributed by atoms with Gasteiger partial charge in [-0.1, -0.05) is 11.6 Å². The van der Waals surface area contributed by atoms with Crippen molar-refractivity contribution in [3.63, 3.8) is 0 Å². The molecule has 0 aromatic heterocycles. The predicted molar refractivity (Wildman–Crippen MR) is 63.2 cm³/mol. The number of rotatable bonds is 2. The molecular formula is C11H12ClNO3. The molecule has 0 aliphatic heterocycles. The number of carbonyl (C=O) groups excluding carboxylic acids is 1. The molecule has 0 aliphatic rings. The van der Waals surface area contributed by atoms with E-state index in [0.717, 1.165) is 0 Å². The molecule has 86 valence electrons.